The van der Waals surface area contributed by atoms with E-state index >= 15 is 0 Å². The monoisotopic (exact) mass is 344 g/mol. The van der Waals surface area contributed by atoms with Crippen molar-refractivity contribution in [1.29, 1.82) is 0 Å². The third kappa shape index (κ3) is 5.05. The molecule has 0 saturated heterocycles. The zero-order valence-electron chi connectivity index (χ0n) is 14.6. The Labute approximate surface area is 152 Å². The molecule has 0 bridgehead atoms. The van der Waals surface area contributed by atoms with Gasteiger partial charge in [0.1, 0.15) is 5.75 Å². The molecule has 3 aromatic rings. The molecule has 1 N–H and O–H groups in total. The van der Waals surface area contributed by atoms with Gasteiger partial charge in [-0.1, -0.05) is 66.7 Å². The number of benzene rings is 3. The predicted octanol–water partition coefficient (Wildman–Crippen LogP) is 4.42. The third-order valence-corrected chi connectivity index (χ3v) is 3.74. The molecule has 0 heterocycles. The molecule has 0 saturated carbocycles. The Hall–Kier alpha value is -3.40. The SMILES string of the molecule is CC(=C/c1ccccc1)/C=N/NC(=O)COc1ccc2ccccc2c1. The highest BCUT2D eigenvalue weighted by Gasteiger charge is 2.02. The first kappa shape index (κ1) is 17.4. The summed E-state index contributed by atoms with van der Waals surface area (Å²) < 4.78 is 5.53. The zero-order valence-corrected chi connectivity index (χ0v) is 14.6. The first-order valence-electron chi connectivity index (χ1n) is 8.37. The number of amides is 1. The molecule has 130 valence electrons. The Morgan fingerprint density at radius 1 is 1.00 bits per heavy atom. The van der Waals surface area contributed by atoms with Crippen molar-refractivity contribution >= 4 is 29.0 Å². The molecular weight excluding hydrogens is 324 g/mol. The van der Waals surface area contributed by atoms with Gasteiger partial charge in [-0.05, 0) is 41.0 Å². The van der Waals surface area contributed by atoms with Gasteiger partial charge in [-0.3, -0.25) is 4.79 Å². The number of carbonyl (C=O) groups is 1. The van der Waals surface area contributed by atoms with E-state index in [1.165, 1.54) is 0 Å². The molecular formula is C22H20N2O2. The lowest BCUT2D eigenvalue weighted by Gasteiger charge is -2.06. The number of rotatable bonds is 6. The quantitative estimate of drug-likeness (QED) is 0.531. The van der Waals surface area contributed by atoms with Gasteiger partial charge in [-0.2, -0.15) is 5.10 Å². The number of nitrogens with one attached hydrogen (secondary N) is 1. The van der Waals surface area contributed by atoms with Crippen LogP contribution in [0, 0.1) is 0 Å². The topological polar surface area (TPSA) is 50.7 Å². The Morgan fingerprint density at radius 3 is 2.54 bits per heavy atom. The number of carbonyl (C=O) groups excluding carboxylic acids is 1. The number of hydrogen-bond acceptors (Lipinski definition) is 3. The number of fused-ring (bicyclic) bond motifs is 1. The van der Waals surface area contributed by atoms with Crippen LogP contribution in [0.15, 0.2) is 83.5 Å². The van der Waals surface area contributed by atoms with Crippen molar-refractivity contribution in [2.24, 2.45) is 5.10 Å². The van der Waals surface area contributed by atoms with Crippen molar-refractivity contribution in [3.05, 3.63) is 83.9 Å². The van der Waals surface area contributed by atoms with Crippen molar-refractivity contribution in [3.8, 4) is 5.75 Å². The lowest BCUT2D eigenvalue weighted by Crippen LogP contribution is -2.24. The first-order chi connectivity index (χ1) is 12.7. The molecule has 4 nitrogen and oxygen atoms in total. The average molecular weight is 344 g/mol. The van der Waals surface area contributed by atoms with E-state index < -0.39 is 0 Å². The molecule has 0 aliphatic carbocycles. The molecule has 3 aromatic carbocycles. The van der Waals surface area contributed by atoms with E-state index in [9.17, 15) is 4.79 Å². The van der Waals surface area contributed by atoms with Gasteiger partial charge in [0.25, 0.3) is 5.91 Å². The molecule has 0 spiro atoms. The van der Waals surface area contributed by atoms with Gasteiger partial charge in [-0.15, -0.1) is 0 Å². The number of ether oxygens (including phenoxy) is 1. The van der Waals surface area contributed by atoms with E-state index in [0.717, 1.165) is 21.9 Å². The Balaban J connectivity index is 1.49. The molecule has 0 atom stereocenters. The smallest absolute Gasteiger partial charge is 0.277 e. The summed E-state index contributed by atoms with van der Waals surface area (Å²) >= 11 is 0. The zero-order chi connectivity index (χ0) is 18.2. The van der Waals surface area contributed by atoms with Crippen molar-refractivity contribution in [3.63, 3.8) is 0 Å². The molecule has 26 heavy (non-hydrogen) atoms. The van der Waals surface area contributed by atoms with Crippen LogP contribution in [0.3, 0.4) is 0 Å². The largest absolute Gasteiger partial charge is 0.484 e. The standard InChI is InChI=1S/C22H20N2O2/c1-17(13-18-7-3-2-4-8-18)15-23-24-22(25)16-26-21-12-11-19-9-5-6-10-20(19)14-21/h2-15H,16H2,1H3,(H,24,25)/b17-13-,23-15+. The van der Waals surface area contributed by atoms with Gasteiger partial charge in [0.05, 0.1) is 6.21 Å². The van der Waals surface area contributed by atoms with Crippen LogP contribution < -0.4 is 10.2 Å². The van der Waals surface area contributed by atoms with Gasteiger partial charge < -0.3 is 4.74 Å². The lowest BCUT2D eigenvalue weighted by atomic mass is 10.1. The minimum Gasteiger partial charge on any atom is -0.484 e. The van der Waals surface area contributed by atoms with Crippen LogP contribution in [0.25, 0.3) is 16.8 Å². The Kier molecular flexibility index (Phi) is 5.78. The summed E-state index contributed by atoms with van der Waals surface area (Å²) in [6, 6.07) is 23.7. The van der Waals surface area contributed by atoms with Gasteiger partial charge in [0.15, 0.2) is 6.61 Å². The second-order valence-corrected chi connectivity index (χ2v) is 5.89. The van der Waals surface area contributed by atoms with Crippen molar-refractivity contribution in [1.82, 2.24) is 5.43 Å². The summed E-state index contributed by atoms with van der Waals surface area (Å²) in [5, 5.41) is 6.16. The summed E-state index contributed by atoms with van der Waals surface area (Å²) in [4.78, 5) is 11.9. The first-order valence-corrected chi connectivity index (χ1v) is 8.37. The van der Waals surface area contributed by atoms with E-state index in [1.807, 2.05) is 85.8 Å². The fourth-order valence-electron chi connectivity index (χ4n) is 2.49. The normalized spacial score (nSPS) is 11.7. The summed E-state index contributed by atoms with van der Waals surface area (Å²) in [6.45, 7) is 1.84. The summed E-state index contributed by atoms with van der Waals surface area (Å²) in [7, 11) is 0. The maximum absolute atomic E-state index is 11.9. The van der Waals surface area contributed by atoms with Gasteiger partial charge >= 0.3 is 0 Å². The number of hydrogen-bond donors (Lipinski definition) is 1. The fourth-order valence-corrected chi connectivity index (χ4v) is 2.49. The van der Waals surface area contributed by atoms with Gasteiger partial charge in [-0.25, -0.2) is 5.43 Å². The molecule has 0 fully saturated rings. The Morgan fingerprint density at radius 2 is 1.73 bits per heavy atom. The van der Waals surface area contributed by atoms with Gasteiger partial charge in [0, 0.05) is 0 Å². The van der Waals surface area contributed by atoms with E-state index in [2.05, 4.69) is 10.5 Å². The van der Waals surface area contributed by atoms with Crippen molar-refractivity contribution in [2.45, 2.75) is 6.92 Å². The predicted molar refractivity (Wildman–Crippen MR) is 106 cm³/mol. The molecule has 0 radical (unpaired) electrons. The maximum atomic E-state index is 11.9. The maximum Gasteiger partial charge on any atom is 0.277 e. The summed E-state index contributed by atoms with van der Waals surface area (Å²) in [5.74, 6) is 0.352. The van der Waals surface area contributed by atoms with Crippen LogP contribution in [-0.4, -0.2) is 18.7 Å². The van der Waals surface area contributed by atoms with Crippen LogP contribution in [0.5, 0.6) is 5.75 Å². The summed E-state index contributed by atoms with van der Waals surface area (Å²) in [6.07, 6.45) is 3.60. The van der Waals surface area contributed by atoms with E-state index in [1.54, 1.807) is 6.21 Å². The number of allylic oxidation sites excluding steroid dienone is 1. The molecule has 0 unspecified atom stereocenters. The second kappa shape index (κ2) is 8.62. The number of hydrazone groups is 1. The van der Waals surface area contributed by atoms with Crippen LogP contribution in [0.2, 0.25) is 0 Å². The van der Waals surface area contributed by atoms with Crippen LogP contribution in [0.4, 0.5) is 0 Å². The van der Waals surface area contributed by atoms with Crippen LogP contribution in [0.1, 0.15) is 12.5 Å². The highest BCUT2D eigenvalue weighted by Crippen LogP contribution is 2.20. The van der Waals surface area contributed by atoms with Crippen molar-refractivity contribution < 1.29 is 9.53 Å². The second-order valence-electron chi connectivity index (χ2n) is 5.89. The third-order valence-electron chi connectivity index (χ3n) is 3.74. The molecule has 0 aromatic heterocycles. The van der Waals surface area contributed by atoms with Crippen LogP contribution >= 0.6 is 0 Å². The fraction of sp³-hybridized carbons (Fsp3) is 0.0909. The van der Waals surface area contributed by atoms with E-state index in [-0.39, 0.29) is 12.5 Å². The van der Waals surface area contributed by atoms with Gasteiger partial charge in [0.2, 0.25) is 0 Å². The molecule has 0 aliphatic heterocycles. The number of nitrogens with zero attached hydrogens (tertiary/aromatic N) is 1. The van der Waals surface area contributed by atoms with Crippen LogP contribution in [-0.2, 0) is 4.79 Å². The minimum atomic E-state index is -0.304. The van der Waals surface area contributed by atoms with E-state index in [4.69, 9.17) is 4.74 Å². The molecule has 1 amide bonds. The summed E-state index contributed by atoms with van der Waals surface area (Å²) in [5.41, 5.74) is 4.49. The van der Waals surface area contributed by atoms with Crippen molar-refractivity contribution in [2.75, 3.05) is 6.61 Å². The average Bonchev–Trinajstić information content (AvgIpc) is 2.67. The van der Waals surface area contributed by atoms with E-state index in [0.29, 0.717) is 5.75 Å². The molecule has 3 rings (SSSR count). The Bertz CT molecular complexity index is 947. The molecule has 0 aliphatic rings. The highest BCUT2D eigenvalue weighted by atomic mass is 16.5. The lowest BCUT2D eigenvalue weighted by molar-refractivity contribution is -0.123. The highest BCUT2D eigenvalue weighted by molar-refractivity contribution is 5.86. The minimum absolute atomic E-state index is 0.0862. The molecule has 4 heteroatoms.